The van der Waals surface area contributed by atoms with Crippen LogP contribution >= 0.6 is 0 Å². The average Bonchev–Trinajstić information content (AvgIpc) is 3.10. The minimum absolute atomic E-state index is 0.0287. The molecule has 6 nitrogen and oxygen atoms in total. The second-order valence-corrected chi connectivity index (χ2v) is 9.12. The van der Waals surface area contributed by atoms with Crippen molar-refractivity contribution in [2.45, 2.75) is 42.9 Å². The van der Waals surface area contributed by atoms with Crippen molar-refractivity contribution in [1.82, 2.24) is 4.90 Å². The summed E-state index contributed by atoms with van der Waals surface area (Å²) in [4.78, 5) is 17.8. The molecule has 1 spiro atoms. The maximum absolute atomic E-state index is 13.2. The van der Waals surface area contributed by atoms with Crippen molar-refractivity contribution in [2.75, 3.05) is 24.6 Å². The smallest absolute Gasteiger partial charge is 0.229 e. The van der Waals surface area contributed by atoms with Crippen LogP contribution in [0.25, 0.3) is 0 Å². The van der Waals surface area contributed by atoms with Gasteiger partial charge in [-0.3, -0.25) is 9.69 Å². The number of hydrogen-bond acceptors (Lipinski definition) is 5. The molecular formula is C21H22N2O4. The Morgan fingerprint density at radius 3 is 2.96 bits per heavy atom. The Balaban J connectivity index is 1.55. The minimum atomic E-state index is -0.157. The predicted molar refractivity (Wildman–Crippen MR) is 96.7 cm³/mol. The Bertz CT molecular complexity index is 942. The summed E-state index contributed by atoms with van der Waals surface area (Å²) in [5.74, 6) is 0.633. The Morgan fingerprint density at radius 2 is 2.07 bits per heavy atom. The Morgan fingerprint density at radius 1 is 1.22 bits per heavy atom. The quantitative estimate of drug-likeness (QED) is 0.538. The van der Waals surface area contributed by atoms with Gasteiger partial charge in [-0.25, -0.2) is 0 Å². The van der Waals surface area contributed by atoms with Crippen molar-refractivity contribution in [2.24, 2.45) is 11.8 Å². The number of benzene rings is 1. The molecule has 1 aromatic rings. The van der Waals surface area contributed by atoms with E-state index in [9.17, 15) is 15.0 Å². The largest absolute Gasteiger partial charge is 0.504 e. The summed E-state index contributed by atoms with van der Waals surface area (Å²) < 4.78 is 6.20. The highest BCUT2D eigenvalue weighted by Gasteiger charge is 2.71. The van der Waals surface area contributed by atoms with Gasteiger partial charge in [0.1, 0.15) is 0 Å². The molecule has 1 aliphatic carbocycles. The average molecular weight is 366 g/mol. The summed E-state index contributed by atoms with van der Waals surface area (Å²) in [6.45, 7) is 2.63. The van der Waals surface area contributed by atoms with Crippen molar-refractivity contribution in [3.63, 3.8) is 0 Å². The molecule has 0 aromatic heterocycles. The molecule has 1 amide bonds. The van der Waals surface area contributed by atoms with E-state index in [1.807, 2.05) is 4.90 Å². The van der Waals surface area contributed by atoms with Gasteiger partial charge in [0.15, 0.2) is 11.5 Å². The molecule has 1 aromatic carbocycles. The van der Waals surface area contributed by atoms with Crippen LogP contribution in [0.15, 0.2) is 23.8 Å². The Hall–Kier alpha value is -2.05. The number of amides is 1. The van der Waals surface area contributed by atoms with Crippen LogP contribution in [0.5, 0.6) is 11.5 Å². The number of fused-ring (bicyclic) bond motifs is 2. The molecule has 4 fully saturated rings. The van der Waals surface area contributed by atoms with Gasteiger partial charge in [-0.2, -0.15) is 0 Å². The zero-order valence-electron chi connectivity index (χ0n) is 15.0. The van der Waals surface area contributed by atoms with Gasteiger partial charge >= 0.3 is 0 Å². The molecule has 140 valence electrons. The number of nitrogens with zero attached hydrogens (tertiary/aromatic N) is 2. The number of anilines is 1. The third kappa shape index (κ3) is 1.49. The van der Waals surface area contributed by atoms with E-state index in [0.29, 0.717) is 30.9 Å². The van der Waals surface area contributed by atoms with E-state index in [1.165, 1.54) is 5.57 Å². The molecule has 0 radical (unpaired) electrons. The van der Waals surface area contributed by atoms with E-state index in [0.717, 1.165) is 37.2 Å². The maximum atomic E-state index is 13.2. The SMILES string of the molecule is O=C1C[C@H]2OCC=C3CN4CC[C@@]56c7cc(O)c(O)cc7N1[C@H]5[C@@H]2[C@H]3C[C@@H]46. The van der Waals surface area contributed by atoms with Crippen LogP contribution in [0.4, 0.5) is 5.69 Å². The van der Waals surface area contributed by atoms with E-state index in [4.69, 9.17) is 4.74 Å². The molecule has 0 unspecified atom stereocenters. The van der Waals surface area contributed by atoms with E-state index >= 15 is 0 Å². The number of piperidine rings is 2. The lowest BCUT2D eigenvalue weighted by Gasteiger charge is -2.58. The van der Waals surface area contributed by atoms with Gasteiger partial charge in [0.25, 0.3) is 0 Å². The number of hydrogen-bond donors (Lipinski definition) is 2. The third-order valence-corrected chi connectivity index (χ3v) is 8.41. The van der Waals surface area contributed by atoms with E-state index in [-0.39, 0.29) is 35.0 Å². The molecule has 1 saturated carbocycles. The zero-order chi connectivity index (χ0) is 18.1. The number of carbonyl (C=O) groups is 1. The summed E-state index contributed by atoms with van der Waals surface area (Å²) in [7, 11) is 0. The van der Waals surface area contributed by atoms with Crippen molar-refractivity contribution in [1.29, 1.82) is 0 Å². The molecule has 6 heteroatoms. The molecule has 5 heterocycles. The number of carbonyl (C=O) groups excluding carboxylic acids is 1. The van der Waals surface area contributed by atoms with Gasteiger partial charge in [0.05, 0.1) is 30.9 Å². The molecule has 3 saturated heterocycles. The van der Waals surface area contributed by atoms with Crippen molar-refractivity contribution in [3.8, 4) is 11.5 Å². The van der Waals surface area contributed by atoms with Crippen LogP contribution in [0, 0.1) is 11.8 Å². The standard InChI is InChI=1S/C21H22N2O4/c24-14-6-12-13(7-15(14)25)23-18(26)8-16-19-11-5-17-21(12,20(19)23)2-3-22(17)9-10(11)1-4-27-16/h1,6-7,11,16-17,19-20,24-25H,2-5,8-9H2/t11-,16+,17+,19+,20-,21-/m0/s1. The second kappa shape index (κ2) is 4.50. The molecule has 6 atom stereocenters. The van der Waals surface area contributed by atoms with Gasteiger partial charge in [-0.05, 0) is 36.9 Å². The third-order valence-electron chi connectivity index (χ3n) is 8.41. The van der Waals surface area contributed by atoms with Gasteiger partial charge in [0.2, 0.25) is 5.91 Å². The normalized spacial score (nSPS) is 43.4. The zero-order valence-corrected chi connectivity index (χ0v) is 15.0. The van der Waals surface area contributed by atoms with Crippen LogP contribution in [0.2, 0.25) is 0 Å². The lowest BCUT2D eigenvalue weighted by Crippen LogP contribution is -2.69. The molecular weight excluding hydrogens is 344 g/mol. The van der Waals surface area contributed by atoms with Gasteiger partial charge < -0.3 is 19.8 Å². The molecule has 7 rings (SSSR count). The lowest BCUT2D eigenvalue weighted by molar-refractivity contribution is -0.132. The molecule has 6 aliphatic rings. The monoisotopic (exact) mass is 366 g/mol. The maximum Gasteiger partial charge on any atom is 0.229 e. The first kappa shape index (κ1) is 14.9. The molecule has 27 heavy (non-hydrogen) atoms. The summed E-state index contributed by atoms with van der Waals surface area (Å²) in [5, 5.41) is 20.5. The topological polar surface area (TPSA) is 73.2 Å². The first-order chi connectivity index (χ1) is 13.1. The minimum Gasteiger partial charge on any atom is -0.504 e. The Kier molecular flexibility index (Phi) is 2.49. The van der Waals surface area contributed by atoms with Crippen molar-refractivity contribution >= 4 is 11.6 Å². The summed E-state index contributed by atoms with van der Waals surface area (Å²) >= 11 is 0. The van der Waals surface area contributed by atoms with Crippen LogP contribution in [0.3, 0.4) is 0 Å². The number of ether oxygens (including phenoxy) is 1. The fraction of sp³-hybridized carbons (Fsp3) is 0.571. The summed E-state index contributed by atoms with van der Waals surface area (Å²) in [5.41, 5.74) is 3.20. The number of aromatic hydroxyl groups is 2. The molecule has 2 bridgehead atoms. The fourth-order valence-corrected chi connectivity index (χ4v) is 7.57. The first-order valence-electron chi connectivity index (χ1n) is 10.0. The Labute approximate surface area is 157 Å². The van der Waals surface area contributed by atoms with Gasteiger partial charge in [-0.1, -0.05) is 11.6 Å². The number of phenols is 2. The second-order valence-electron chi connectivity index (χ2n) is 9.12. The van der Waals surface area contributed by atoms with Crippen molar-refractivity contribution in [3.05, 3.63) is 29.3 Å². The van der Waals surface area contributed by atoms with E-state index < -0.39 is 0 Å². The van der Waals surface area contributed by atoms with Crippen molar-refractivity contribution < 1.29 is 19.7 Å². The highest BCUT2D eigenvalue weighted by atomic mass is 16.5. The van der Waals surface area contributed by atoms with E-state index in [1.54, 1.807) is 12.1 Å². The van der Waals surface area contributed by atoms with Crippen LogP contribution in [-0.2, 0) is 14.9 Å². The number of rotatable bonds is 0. The predicted octanol–water partition coefficient (Wildman–Crippen LogP) is 1.50. The number of phenolic OH excluding ortho intramolecular Hbond substituents is 2. The highest BCUT2D eigenvalue weighted by Crippen LogP contribution is 2.66. The summed E-state index contributed by atoms with van der Waals surface area (Å²) in [6, 6.07) is 3.79. The fourth-order valence-electron chi connectivity index (χ4n) is 7.57. The first-order valence-corrected chi connectivity index (χ1v) is 10.0. The van der Waals surface area contributed by atoms with Crippen LogP contribution in [-0.4, -0.2) is 58.9 Å². The summed E-state index contributed by atoms with van der Waals surface area (Å²) in [6.07, 6.45) is 4.74. The lowest BCUT2D eigenvalue weighted by atomic mass is 9.53. The van der Waals surface area contributed by atoms with Crippen LogP contribution < -0.4 is 4.90 Å². The van der Waals surface area contributed by atoms with E-state index in [2.05, 4.69) is 11.0 Å². The molecule has 5 aliphatic heterocycles. The highest BCUT2D eigenvalue weighted by molar-refractivity contribution is 5.99. The van der Waals surface area contributed by atoms with Gasteiger partial charge in [-0.15, -0.1) is 0 Å². The van der Waals surface area contributed by atoms with Crippen LogP contribution in [0.1, 0.15) is 24.8 Å². The molecule has 2 N–H and O–H groups in total. The van der Waals surface area contributed by atoms with Gasteiger partial charge in [0, 0.05) is 30.0 Å².